The van der Waals surface area contributed by atoms with Gasteiger partial charge in [-0.1, -0.05) is 134 Å². The third-order valence-electron chi connectivity index (χ3n) is 8.34. The van der Waals surface area contributed by atoms with E-state index in [9.17, 15) is 14.3 Å². The van der Waals surface area contributed by atoms with Gasteiger partial charge in [-0.2, -0.15) is 0 Å². The van der Waals surface area contributed by atoms with Gasteiger partial charge in [0.1, 0.15) is 6.10 Å². The Kier molecular flexibility index (Phi) is 36.4. The molecule has 9 heteroatoms. The van der Waals surface area contributed by atoms with Crippen LogP contribution in [0.4, 0.5) is 0 Å². The Bertz CT molecular complexity index is 792. The van der Waals surface area contributed by atoms with Gasteiger partial charge in [-0.15, -0.1) is 0 Å². The van der Waals surface area contributed by atoms with Gasteiger partial charge in [-0.05, 0) is 64.2 Å². The molecule has 0 saturated heterocycles. The standard InChI is InChI=1S/C39H76NO7P/c1-3-5-7-9-11-13-15-17-19-21-23-25-27-29-31-34-44-36-38(37-46-48(42,43)45-35-33-40)47-39(41)32-30-28-26-24-22-20-18-16-14-12-10-8-6-4-2/h15-18,38H,3-14,19-37,40H2,1-2H3,(H,42,43)/b17-15-,18-16-. The maximum Gasteiger partial charge on any atom is 0.472 e. The molecular formula is C39H76NO7P. The quantitative estimate of drug-likeness (QED) is 0.0283. The van der Waals surface area contributed by atoms with Crippen molar-refractivity contribution in [2.45, 2.75) is 187 Å². The second-order valence-electron chi connectivity index (χ2n) is 13.1. The summed E-state index contributed by atoms with van der Waals surface area (Å²) >= 11 is 0. The van der Waals surface area contributed by atoms with Crippen molar-refractivity contribution in [3.05, 3.63) is 24.3 Å². The predicted molar refractivity (Wildman–Crippen MR) is 201 cm³/mol. The fourth-order valence-electron chi connectivity index (χ4n) is 5.40. The number of carbonyl (C=O) groups is 1. The van der Waals surface area contributed by atoms with Crippen molar-refractivity contribution in [2.24, 2.45) is 5.73 Å². The van der Waals surface area contributed by atoms with Crippen molar-refractivity contribution in [3.63, 3.8) is 0 Å². The van der Waals surface area contributed by atoms with Crippen LogP contribution in [0.5, 0.6) is 0 Å². The molecule has 0 aromatic carbocycles. The van der Waals surface area contributed by atoms with E-state index < -0.39 is 13.9 Å². The zero-order valence-electron chi connectivity index (χ0n) is 31.2. The molecule has 0 heterocycles. The summed E-state index contributed by atoms with van der Waals surface area (Å²) in [5, 5.41) is 0. The summed E-state index contributed by atoms with van der Waals surface area (Å²) in [5.74, 6) is -0.341. The highest BCUT2D eigenvalue weighted by atomic mass is 31.2. The van der Waals surface area contributed by atoms with E-state index in [1.807, 2.05) is 0 Å². The summed E-state index contributed by atoms with van der Waals surface area (Å²) in [6.07, 6.45) is 39.0. The van der Waals surface area contributed by atoms with Crippen molar-refractivity contribution < 1.29 is 32.8 Å². The summed E-state index contributed by atoms with van der Waals surface area (Å²) in [6, 6.07) is 0. The van der Waals surface area contributed by atoms with E-state index >= 15 is 0 Å². The Morgan fingerprint density at radius 2 is 1.04 bits per heavy atom. The van der Waals surface area contributed by atoms with Gasteiger partial charge in [0.2, 0.25) is 0 Å². The number of phosphoric acid groups is 1. The van der Waals surface area contributed by atoms with Crippen molar-refractivity contribution in [1.29, 1.82) is 0 Å². The van der Waals surface area contributed by atoms with Gasteiger partial charge in [0.15, 0.2) is 0 Å². The number of allylic oxidation sites excluding steroid dienone is 4. The van der Waals surface area contributed by atoms with Crippen molar-refractivity contribution in [3.8, 4) is 0 Å². The average molecular weight is 702 g/mol. The highest BCUT2D eigenvalue weighted by Crippen LogP contribution is 2.43. The van der Waals surface area contributed by atoms with Crippen LogP contribution in [0.15, 0.2) is 24.3 Å². The van der Waals surface area contributed by atoms with Crippen molar-refractivity contribution >= 4 is 13.8 Å². The minimum atomic E-state index is -4.27. The van der Waals surface area contributed by atoms with E-state index in [2.05, 4.69) is 38.2 Å². The normalized spacial score (nSPS) is 13.8. The summed E-state index contributed by atoms with van der Waals surface area (Å²) in [7, 11) is -4.27. The molecule has 0 aliphatic rings. The van der Waals surface area contributed by atoms with Gasteiger partial charge < -0.3 is 20.1 Å². The van der Waals surface area contributed by atoms with E-state index in [0.717, 1.165) is 44.9 Å². The molecule has 0 rings (SSSR count). The van der Waals surface area contributed by atoms with Crippen molar-refractivity contribution in [1.82, 2.24) is 0 Å². The molecule has 0 spiro atoms. The molecule has 3 N–H and O–H groups in total. The van der Waals surface area contributed by atoms with Crippen LogP contribution in [0, 0.1) is 0 Å². The number of hydrogen-bond acceptors (Lipinski definition) is 7. The van der Waals surface area contributed by atoms with Crippen LogP contribution in [0.2, 0.25) is 0 Å². The summed E-state index contributed by atoms with van der Waals surface area (Å²) in [4.78, 5) is 22.4. The number of esters is 1. The predicted octanol–water partition coefficient (Wildman–Crippen LogP) is 11.3. The number of rotatable bonds is 38. The third-order valence-corrected chi connectivity index (χ3v) is 9.33. The lowest BCUT2D eigenvalue weighted by Crippen LogP contribution is -2.28. The van der Waals surface area contributed by atoms with E-state index in [0.29, 0.717) is 13.0 Å². The van der Waals surface area contributed by atoms with Gasteiger partial charge in [-0.3, -0.25) is 13.8 Å². The van der Waals surface area contributed by atoms with Crippen LogP contribution in [-0.4, -0.2) is 49.9 Å². The SMILES string of the molecule is CCCCCCC/C=C\CCCCCCCCOCC(COP(=O)(O)OCCN)OC(=O)CCCCCCC/C=C\CCCCCCC. The molecule has 48 heavy (non-hydrogen) atoms. The fourth-order valence-corrected chi connectivity index (χ4v) is 6.16. The molecule has 0 aromatic heterocycles. The Hall–Kier alpha value is -1.02. The lowest BCUT2D eigenvalue weighted by molar-refractivity contribution is -0.154. The topological polar surface area (TPSA) is 117 Å². The molecule has 0 fully saturated rings. The molecule has 8 nitrogen and oxygen atoms in total. The molecule has 2 unspecified atom stereocenters. The average Bonchev–Trinajstić information content (AvgIpc) is 3.07. The van der Waals surface area contributed by atoms with E-state index in [1.165, 1.54) is 116 Å². The van der Waals surface area contributed by atoms with E-state index in [4.69, 9.17) is 24.3 Å². The molecule has 0 radical (unpaired) electrons. The fraction of sp³-hybridized carbons (Fsp3) is 0.872. The lowest BCUT2D eigenvalue weighted by Gasteiger charge is -2.20. The molecule has 0 bridgehead atoms. The Morgan fingerprint density at radius 3 is 1.52 bits per heavy atom. The highest BCUT2D eigenvalue weighted by molar-refractivity contribution is 7.47. The molecule has 2 atom stereocenters. The maximum atomic E-state index is 12.5. The number of ether oxygens (including phenoxy) is 2. The molecule has 0 saturated carbocycles. The number of unbranched alkanes of at least 4 members (excludes halogenated alkanes) is 21. The van der Waals surface area contributed by atoms with Crippen LogP contribution in [-0.2, 0) is 27.9 Å². The number of phosphoric ester groups is 1. The first kappa shape index (κ1) is 47.0. The molecule has 0 aliphatic carbocycles. The lowest BCUT2D eigenvalue weighted by atomic mass is 10.1. The Morgan fingerprint density at radius 1 is 0.604 bits per heavy atom. The van der Waals surface area contributed by atoms with Gasteiger partial charge >= 0.3 is 13.8 Å². The Labute approximate surface area is 296 Å². The largest absolute Gasteiger partial charge is 0.472 e. The van der Waals surface area contributed by atoms with Gasteiger partial charge in [0.05, 0.1) is 19.8 Å². The van der Waals surface area contributed by atoms with Gasteiger partial charge in [0, 0.05) is 19.6 Å². The summed E-state index contributed by atoms with van der Waals surface area (Å²) in [5.41, 5.74) is 5.35. The molecule has 284 valence electrons. The van der Waals surface area contributed by atoms with Crippen molar-refractivity contribution in [2.75, 3.05) is 33.0 Å². The highest BCUT2D eigenvalue weighted by Gasteiger charge is 2.25. The van der Waals surface area contributed by atoms with Gasteiger partial charge in [0.25, 0.3) is 0 Å². The van der Waals surface area contributed by atoms with Crippen LogP contribution < -0.4 is 5.73 Å². The van der Waals surface area contributed by atoms with E-state index in [-0.39, 0.29) is 32.3 Å². The number of nitrogens with two attached hydrogens (primary N) is 1. The minimum absolute atomic E-state index is 0.0972. The maximum absolute atomic E-state index is 12.5. The summed E-state index contributed by atoms with van der Waals surface area (Å²) in [6.45, 7) is 4.89. The third kappa shape index (κ3) is 36.3. The van der Waals surface area contributed by atoms with Crippen LogP contribution in [0.3, 0.4) is 0 Å². The summed E-state index contributed by atoms with van der Waals surface area (Å²) < 4.78 is 33.3. The number of hydrogen-bond donors (Lipinski definition) is 2. The number of carbonyl (C=O) groups excluding carboxylic acids is 1. The monoisotopic (exact) mass is 702 g/mol. The first-order valence-electron chi connectivity index (χ1n) is 19.8. The smallest absolute Gasteiger partial charge is 0.457 e. The van der Waals surface area contributed by atoms with Crippen LogP contribution in [0.25, 0.3) is 0 Å². The molecule has 0 aromatic rings. The van der Waals surface area contributed by atoms with Crippen LogP contribution >= 0.6 is 7.82 Å². The second kappa shape index (κ2) is 37.2. The minimum Gasteiger partial charge on any atom is -0.457 e. The Balaban J connectivity index is 4.09. The second-order valence-corrected chi connectivity index (χ2v) is 14.6. The molecule has 0 aliphatic heterocycles. The first-order valence-corrected chi connectivity index (χ1v) is 21.3. The molecular weight excluding hydrogens is 625 g/mol. The van der Waals surface area contributed by atoms with E-state index in [1.54, 1.807) is 0 Å². The zero-order valence-corrected chi connectivity index (χ0v) is 32.1. The zero-order chi connectivity index (χ0) is 35.2. The molecule has 0 amide bonds. The first-order chi connectivity index (χ1) is 23.4. The van der Waals surface area contributed by atoms with Crippen LogP contribution in [0.1, 0.15) is 181 Å². The van der Waals surface area contributed by atoms with Gasteiger partial charge in [-0.25, -0.2) is 4.57 Å².